The van der Waals surface area contributed by atoms with E-state index in [0.717, 1.165) is 19.0 Å². The number of carbonyl (C=O) groups is 1. The lowest BCUT2D eigenvalue weighted by Crippen LogP contribution is -2.51. The molecule has 0 N–H and O–H groups in total. The number of likely N-dealkylation sites (N-methyl/N-ethyl adjacent to an activating group) is 1. The molecule has 0 spiro atoms. The summed E-state index contributed by atoms with van der Waals surface area (Å²) in [5, 5.41) is 0. The molecular formula is C18H29N3O3S. The predicted molar refractivity (Wildman–Crippen MR) is 98.5 cm³/mol. The third-order valence-corrected chi connectivity index (χ3v) is 6.22. The maximum Gasteiger partial charge on any atom is 0.236 e. The molecule has 2 aliphatic carbocycles. The number of fused-ring (bicyclic) bond motifs is 1. The molecule has 2 unspecified atom stereocenters. The quantitative estimate of drug-likeness (QED) is 0.699. The van der Waals surface area contributed by atoms with Crippen LogP contribution in [0.3, 0.4) is 0 Å². The van der Waals surface area contributed by atoms with Gasteiger partial charge in [0.1, 0.15) is 5.88 Å². The number of sulfone groups is 1. The van der Waals surface area contributed by atoms with Crippen molar-refractivity contribution in [2.75, 3.05) is 51.4 Å². The summed E-state index contributed by atoms with van der Waals surface area (Å²) < 4.78 is 22.9. The molecule has 3 rings (SSSR count). The number of amides is 1. The monoisotopic (exact) mass is 367 g/mol. The molecule has 7 heteroatoms. The number of hydrogen-bond acceptors (Lipinski definition) is 5. The van der Waals surface area contributed by atoms with Crippen LogP contribution in [0.2, 0.25) is 0 Å². The summed E-state index contributed by atoms with van der Waals surface area (Å²) in [7, 11) is -3.11. The Morgan fingerprint density at radius 2 is 1.96 bits per heavy atom. The third kappa shape index (κ3) is 4.44. The molecule has 2 atom stereocenters. The van der Waals surface area contributed by atoms with Gasteiger partial charge in [0.05, 0.1) is 6.54 Å². The van der Waals surface area contributed by atoms with Gasteiger partial charge in [-0.25, -0.2) is 8.42 Å². The van der Waals surface area contributed by atoms with Gasteiger partial charge < -0.3 is 9.80 Å². The second-order valence-electron chi connectivity index (χ2n) is 7.50. The van der Waals surface area contributed by atoms with E-state index in [4.69, 9.17) is 0 Å². The molecule has 3 aliphatic rings. The number of carbonyl (C=O) groups excluding carboxylic acids is 1. The number of piperazine rings is 1. The van der Waals surface area contributed by atoms with Crippen LogP contribution in [0.15, 0.2) is 23.4 Å². The van der Waals surface area contributed by atoms with Crippen LogP contribution in [0.5, 0.6) is 0 Å². The topological polar surface area (TPSA) is 60.9 Å². The molecule has 0 aromatic heterocycles. The van der Waals surface area contributed by atoms with Crippen LogP contribution < -0.4 is 0 Å². The summed E-state index contributed by atoms with van der Waals surface area (Å²) in [6.45, 7) is 7.97. The molecule has 0 bridgehead atoms. The van der Waals surface area contributed by atoms with E-state index in [-0.39, 0.29) is 18.3 Å². The smallest absolute Gasteiger partial charge is 0.236 e. The first-order chi connectivity index (χ1) is 11.8. The van der Waals surface area contributed by atoms with Gasteiger partial charge in [0.2, 0.25) is 5.91 Å². The van der Waals surface area contributed by atoms with Crippen LogP contribution in [0.1, 0.15) is 20.3 Å². The van der Waals surface area contributed by atoms with Gasteiger partial charge in [0, 0.05) is 44.0 Å². The summed E-state index contributed by atoms with van der Waals surface area (Å²) in [5.74, 6) is 1.39. The van der Waals surface area contributed by atoms with Gasteiger partial charge in [-0.2, -0.15) is 0 Å². The van der Waals surface area contributed by atoms with Crippen LogP contribution in [-0.2, 0) is 14.6 Å². The summed E-state index contributed by atoms with van der Waals surface area (Å²) >= 11 is 0. The highest BCUT2D eigenvalue weighted by Gasteiger charge is 2.43. The molecule has 2 fully saturated rings. The third-order valence-electron chi connectivity index (χ3n) is 5.38. The van der Waals surface area contributed by atoms with Crippen LogP contribution >= 0.6 is 0 Å². The molecule has 140 valence electrons. The van der Waals surface area contributed by atoms with E-state index in [1.807, 2.05) is 11.8 Å². The number of nitrogens with zero attached hydrogens (tertiary/aromatic N) is 3. The zero-order valence-corrected chi connectivity index (χ0v) is 16.3. The van der Waals surface area contributed by atoms with Gasteiger partial charge in [-0.15, -0.1) is 0 Å². The van der Waals surface area contributed by atoms with E-state index in [9.17, 15) is 13.2 Å². The first-order valence-electron chi connectivity index (χ1n) is 9.10. The molecule has 1 aliphatic heterocycles. The van der Waals surface area contributed by atoms with Gasteiger partial charge in [-0.1, -0.05) is 19.1 Å². The number of rotatable bonds is 6. The van der Waals surface area contributed by atoms with Crippen molar-refractivity contribution >= 4 is 15.7 Å². The maximum absolute atomic E-state index is 12.5. The molecule has 1 heterocycles. The molecule has 1 saturated carbocycles. The van der Waals surface area contributed by atoms with Gasteiger partial charge in [0.15, 0.2) is 9.84 Å². The average Bonchev–Trinajstić information content (AvgIpc) is 3.32. The van der Waals surface area contributed by atoms with Crippen molar-refractivity contribution in [3.05, 3.63) is 23.4 Å². The Bertz CT molecular complexity index is 690. The zero-order valence-electron chi connectivity index (χ0n) is 15.4. The van der Waals surface area contributed by atoms with Gasteiger partial charge in [-0.3, -0.25) is 9.69 Å². The highest BCUT2D eigenvalue weighted by Crippen LogP contribution is 2.50. The average molecular weight is 368 g/mol. The normalized spacial score (nSPS) is 26.2. The first kappa shape index (κ1) is 18.5. The van der Waals surface area contributed by atoms with Crippen molar-refractivity contribution in [1.29, 1.82) is 0 Å². The summed E-state index contributed by atoms with van der Waals surface area (Å²) in [4.78, 5) is 18.5. The van der Waals surface area contributed by atoms with Gasteiger partial charge in [0.25, 0.3) is 0 Å². The molecule has 6 nitrogen and oxygen atoms in total. The molecular weight excluding hydrogens is 338 g/mol. The minimum atomic E-state index is -3.11. The maximum atomic E-state index is 12.5. The largest absolute Gasteiger partial charge is 0.371 e. The van der Waals surface area contributed by atoms with E-state index in [0.29, 0.717) is 25.6 Å². The SMILES string of the molecule is CCN(CC(=O)N1CCN(C2=C(C)C=CC3CC23)CC1)CS(C)(=O)=O. The molecule has 1 amide bonds. The molecule has 1 saturated heterocycles. The molecule has 25 heavy (non-hydrogen) atoms. The van der Waals surface area contributed by atoms with Crippen LogP contribution in [0, 0.1) is 11.8 Å². The minimum Gasteiger partial charge on any atom is -0.371 e. The van der Waals surface area contributed by atoms with E-state index < -0.39 is 9.84 Å². The van der Waals surface area contributed by atoms with E-state index >= 15 is 0 Å². The fraction of sp³-hybridized carbons (Fsp3) is 0.722. The highest BCUT2D eigenvalue weighted by molar-refractivity contribution is 7.90. The Morgan fingerprint density at radius 1 is 1.28 bits per heavy atom. The molecule has 0 radical (unpaired) electrons. The second kappa shape index (κ2) is 7.11. The zero-order chi connectivity index (χ0) is 18.2. The summed E-state index contributed by atoms with van der Waals surface area (Å²) in [6.07, 6.45) is 7.04. The predicted octanol–water partition coefficient (Wildman–Crippen LogP) is 0.935. The van der Waals surface area contributed by atoms with Crippen molar-refractivity contribution in [1.82, 2.24) is 14.7 Å². The van der Waals surface area contributed by atoms with E-state index in [1.54, 1.807) is 4.90 Å². The Balaban J connectivity index is 1.53. The summed E-state index contributed by atoms with van der Waals surface area (Å²) in [5.41, 5.74) is 2.84. The van der Waals surface area contributed by atoms with E-state index in [2.05, 4.69) is 24.0 Å². The lowest BCUT2D eigenvalue weighted by Gasteiger charge is -2.39. The Hall–Kier alpha value is -1.34. The van der Waals surface area contributed by atoms with Crippen molar-refractivity contribution in [2.24, 2.45) is 11.8 Å². The first-order valence-corrected chi connectivity index (χ1v) is 11.2. The Labute approximate surface area is 151 Å². The van der Waals surface area contributed by atoms with Crippen LogP contribution in [-0.4, -0.2) is 80.4 Å². The van der Waals surface area contributed by atoms with E-state index in [1.165, 1.54) is 23.9 Å². The lowest BCUT2D eigenvalue weighted by atomic mass is 10.0. The fourth-order valence-electron chi connectivity index (χ4n) is 3.94. The highest BCUT2D eigenvalue weighted by atomic mass is 32.2. The number of allylic oxidation sites excluding steroid dienone is 4. The standard InChI is InChI=1S/C18H29N3O3S/c1-4-19(13-25(3,23)24)12-17(22)20-7-9-21(10-8-20)18-14(2)5-6-15-11-16(15)18/h5-6,15-16H,4,7-13H2,1-3H3. The van der Waals surface area contributed by atoms with Crippen LogP contribution in [0.25, 0.3) is 0 Å². The Morgan fingerprint density at radius 3 is 2.56 bits per heavy atom. The fourth-order valence-corrected chi connectivity index (χ4v) is 4.88. The molecule has 0 aromatic carbocycles. The Kier molecular flexibility index (Phi) is 5.25. The van der Waals surface area contributed by atoms with Crippen molar-refractivity contribution in [3.8, 4) is 0 Å². The summed E-state index contributed by atoms with van der Waals surface area (Å²) in [6, 6.07) is 0. The van der Waals surface area contributed by atoms with Gasteiger partial charge in [-0.05, 0) is 31.4 Å². The minimum absolute atomic E-state index is 0.0312. The lowest BCUT2D eigenvalue weighted by molar-refractivity contribution is -0.133. The second-order valence-corrected chi connectivity index (χ2v) is 9.61. The van der Waals surface area contributed by atoms with Gasteiger partial charge >= 0.3 is 0 Å². The number of hydrogen-bond donors (Lipinski definition) is 0. The van der Waals surface area contributed by atoms with Crippen molar-refractivity contribution < 1.29 is 13.2 Å². The van der Waals surface area contributed by atoms with Crippen molar-refractivity contribution in [3.63, 3.8) is 0 Å². The molecule has 0 aromatic rings. The van der Waals surface area contributed by atoms with Crippen LogP contribution in [0.4, 0.5) is 0 Å². The van der Waals surface area contributed by atoms with Crippen molar-refractivity contribution in [2.45, 2.75) is 20.3 Å².